The van der Waals surface area contributed by atoms with E-state index < -0.39 is 18.0 Å². The second-order valence-electron chi connectivity index (χ2n) is 1.55. The van der Waals surface area contributed by atoms with Crippen LogP contribution in [-0.2, 0) is 0 Å². The summed E-state index contributed by atoms with van der Waals surface area (Å²) in [5.74, 6) is -1.31. The van der Waals surface area contributed by atoms with Gasteiger partial charge in [0.05, 0.1) is 0 Å². The molecule has 0 aromatic carbocycles. The predicted molar refractivity (Wildman–Crippen MR) is 40.6 cm³/mol. The predicted octanol–water partition coefficient (Wildman–Crippen LogP) is -1.10. The van der Waals surface area contributed by atoms with Crippen LogP contribution in [0.15, 0.2) is 4.99 Å². The SMILES string of the molecule is C=NC(=O)N(C(=N)N)C(=N)N. The van der Waals surface area contributed by atoms with E-state index in [9.17, 15) is 4.79 Å². The van der Waals surface area contributed by atoms with Crippen LogP contribution < -0.4 is 11.5 Å². The maximum atomic E-state index is 10.6. The zero-order valence-electron chi connectivity index (χ0n) is 5.66. The van der Waals surface area contributed by atoms with Gasteiger partial charge in [-0.1, -0.05) is 0 Å². The molecule has 0 aromatic heterocycles. The lowest BCUT2D eigenvalue weighted by molar-refractivity contribution is 0.241. The molecule has 0 aliphatic heterocycles. The van der Waals surface area contributed by atoms with Crippen LogP contribution in [0.3, 0.4) is 0 Å². The van der Waals surface area contributed by atoms with Crippen molar-refractivity contribution in [1.82, 2.24) is 4.90 Å². The van der Waals surface area contributed by atoms with Gasteiger partial charge in [-0.05, 0) is 6.72 Å². The third kappa shape index (κ3) is 2.05. The number of rotatable bonds is 0. The smallest absolute Gasteiger partial charge is 0.356 e. The Morgan fingerprint density at radius 3 is 1.82 bits per heavy atom. The van der Waals surface area contributed by atoms with E-state index in [2.05, 4.69) is 11.7 Å². The lowest BCUT2D eigenvalue weighted by Crippen LogP contribution is -2.47. The van der Waals surface area contributed by atoms with Crippen LogP contribution in [0.2, 0.25) is 0 Å². The molecular formula is C4H8N6O. The van der Waals surface area contributed by atoms with E-state index in [1.807, 2.05) is 0 Å². The molecule has 60 valence electrons. The molecule has 0 aliphatic carbocycles. The number of hydrogen-bond acceptors (Lipinski definition) is 3. The third-order valence-corrected chi connectivity index (χ3v) is 0.808. The van der Waals surface area contributed by atoms with Crippen molar-refractivity contribution >= 4 is 24.7 Å². The van der Waals surface area contributed by atoms with E-state index in [0.717, 1.165) is 0 Å². The molecule has 0 unspecified atom stereocenters. The second kappa shape index (κ2) is 3.30. The van der Waals surface area contributed by atoms with Crippen LogP contribution in [0.4, 0.5) is 4.79 Å². The zero-order chi connectivity index (χ0) is 9.02. The average molecular weight is 156 g/mol. The van der Waals surface area contributed by atoms with Crippen LogP contribution in [0.5, 0.6) is 0 Å². The van der Waals surface area contributed by atoms with Gasteiger partial charge in [-0.3, -0.25) is 10.8 Å². The highest BCUT2D eigenvalue weighted by Crippen LogP contribution is 1.88. The Bertz CT molecular complexity index is 207. The molecule has 0 heterocycles. The van der Waals surface area contributed by atoms with Gasteiger partial charge in [0.25, 0.3) is 0 Å². The Hall–Kier alpha value is -1.92. The van der Waals surface area contributed by atoms with Gasteiger partial charge in [-0.15, -0.1) is 0 Å². The van der Waals surface area contributed by atoms with Gasteiger partial charge in [0.1, 0.15) is 0 Å². The second-order valence-corrected chi connectivity index (χ2v) is 1.55. The summed E-state index contributed by atoms with van der Waals surface area (Å²) in [5, 5.41) is 13.6. The number of carbonyl (C=O) groups is 1. The molecule has 0 spiro atoms. The molecule has 0 aliphatic rings. The molecule has 11 heavy (non-hydrogen) atoms. The molecule has 0 rings (SSSR count). The third-order valence-electron chi connectivity index (χ3n) is 0.808. The normalized spacial score (nSPS) is 8.36. The van der Waals surface area contributed by atoms with Crippen molar-refractivity contribution in [3.8, 4) is 0 Å². The molecule has 0 bridgehead atoms. The van der Waals surface area contributed by atoms with Crippen molar-refractivity contribution in [3.63, 3.8) is 0 Å². The van der Waals surface area contributed by atoms with Crippen molar-refractivity contribution in [1.29, 1.82) is 10.8 Å². The van der Waals surface area contributed by atoms with Crippen LogP contribution in [0, 0.1) is 10.8 Å². The maximum absolute atomic E-state index is 10.6. The Balaban J connectivity index is 4.60. The van der Waals surface area contributed by atoms with Crippen molar-refractivity contribution in [2.24, 2.45) is 16.5 Å². The Morgan fingerprint density at radius 1 is 1.36 bits per heavy atom. The molecule has 7 nitrogen and oxygen atoms in total. The Labute approximate surface area is 62.7 Å². The van der Waals surface area contributed by atoms with E-state index in [-0.39, 0.29) is 0 Å². The lowest BCUT2D eigenvalue weighted by atomic mass is 10.7. The van der Waals surface area contributed by atoms with Gasteiger partial charge < -0.3 is 11.5 Å². The van der Waals surface area contributed by atoms with E-state index in [4.69, 9.17) is 22.3 Å². The summed E-state index contributed by atoms with van der Waals surface area (Å²) < 4.78 is 0. The van der Waals surface area contributed by atoms with Gasteiger partial charge in [-0.25, -0.2) is 9.79 Å². The molecule has 0 saturated carbocycles. The Kier molecular flexibility index (Phi) is 2.72. The van der Waals surface area contributed by atoms with Gasteiger partial charge in [-0.2, -0.15) is 4.90 Å². The molecule has 0 atom stereocenters. The molecule has 0 fully saturated rings. The number of hydrogen-bond donors (Lipinski definition) is 4. The standard InChI is InChI=1S/C4H8N6O/c1-9-4(11)10(2(5)6)3(7)8/h1H2,(H3,5,6)(H3,7,8). The highest BCUT2D eigenvalue weighted by molar-refractivity contribution is 6.10. The summed E-state index contributed by atoms with van der Waals surface area (Å²) in [6, 6.07) is -0.940. The number of guanidine groups is 2. The summed E-state index contributed by atoms with van der Waals surface area (Å²) in [6.07, 6.45) is 0. The van der Waals surface area contributed by atoms with Crippen molar-refractivity contribution < 1.29 is 4.79 Å². The quantitative estimate of drug-likeness (QED) is 0.262. The largest absolute Gasteiger partial charge is 0.369 e. The summed E-state index contributed by atoms with van der Waals surface area (Å²) in [6.45, 7) is 2.90. The highest BCUT2D eigenvalue weighted by Gasteiger charge is 2.17. The fourth-order valence-electron chi connectivity index (χ4n) is 0.407. The summed E-state index contributed by atoms with van der Waals surface area (Å²) in [4.78, 5) is 14.0. The van der Waals surface area contributed by atoms with E-state index in [1.165, 1.54) is 0 Å². The number of aliphatic imine (C=N–C) groups is 1. The van der Waals surface area contributed by atoms with E-state index in [1.54, 1.807) is 0 Å². The minimum atomic E-state index is -0.940. The van der Waals surface area contributed by atoms with Gasteiger partial charge in [0.15, 0.2) is 0 Å². The molecule has 0 aromatic rings. The first-order valence-corrected chi connectivity index (χ1v) is 2.49. The average Bonchev–Trinajstić information content (AvgIpc) is 1.85. The molecule has 6 N–H and O–H groups in total. The first-order chi connectivity index (χ1) is 5.00. The number of nitrogens with two attached hydrogens (primary N) is 2. The van der Waals surface area contributed by atoms with Gasteiger partial charge in [0, 0.05) is 0 Å². The molecule has 7 heteroatoms. The first-order valence-electron chi connectivity index (χ1n) is 2.49. The summed E-state index contributed by atoms with van der Waals surface area (Å²) in [5.41, 5.74) is 9.79. The van der Waals surface area contributed by atoms with Gasteiger partial charge in [0.2, 0.25) is 11.9 Å². The van der Waals surface area contributed by atoms with Crippen LogP contribution in [-0.4, -0.2) is 29.6 Å². The van der Waals surface area contributed by atoms with Crippen molar-refractivity contribution in [3.05, 3.63) is 0 Å². The monoisotopic (exact) mass is 156 g/mol. The maximum Gasteiger partial charge on any atom is 0.356 e. The number of urea groups is 1. The number of nitrogens with one attached hydrogen (secondary N) is 2. The molecule has 2 amide bonds. The molecular weight excluding hydrogens is 148 g/mol. The minimum absolute atomic E-state index is 0.410. The van der Waals surface area contributed by atoms with E-state index in [0.29, 0.717) is 4.90 Å². The molecule has 0 saturated heterocycles. The topological polar surface area (TPSA) is 132 Å². The Morgan fingerprint density at radius 2 is 1.73 bits per heavy atom. The van der Waals surface area contributed by atoms with E-state index >= 15 is 0 Å². The minimum Gasteiger partial charge on any atom is -0.369 e. The lowest BCUT2D eigenvalue weighted by Gasteiger charge is -2.14. The fourth-order valence-corrected chi connectivity index (χ4v) is 0.407. The first kappa shape index (κ1) is 9.08. The number of nitrogens with zero attached hydrogens (tertiary/aromatic N) is 2. The summed E-state index contributed by atoms with van der Waals surface area (Å²) in [7, 11) is 0. The molecule has 0 radical (unpaired) electrons. The zero-order valence-corrected chi connectivity index (χ0v) is 5.66. The van der Waals surface area contributed by atoms with Crippen LogP contribution in [0.25, 0.3) is 0 Å². The highest BCUT2D eigenvalue weighted by atomic mass is 16.2. The number of amides is 2. The van der Waals surface area contributed by atoms with Crippen molar-refractivity contribution in [2.45, 2.75) is 0 Å². The van der Waals surface area contributed by atoms with Gasteiger partial charge >= 0.3 is 6.03 Å². The van der Waals surface area contributed by atoms with Crippen LogP contribution >= 0.6 is 0 Å². The van der Waals surface area contributed by atoms with Crippen LogP contribution in [0.1, 0.15) is 0 Å². The fraction of sp³-hybridized carbons (Fsp3) is 0. The number of carbonyl (C=O) groups excluding carboxylic acids is 1. The summed E-state index contributed by atoms with van der Waals surface area (Å²) >= 11 is 0. The van der Waals surface area contributed by atoms with Crippen molar-refractivity contribution in [2.75, 3.05) is 0 Å².